The van der Waals surface area contributed by atoms with Crippen molar-refractivity contribution >= 4 is 57.3 Å². The molecule has 2 aromatic heterocycles. The minimum Gasteiger partial charge on any atom is -0.444 e. The number of carbonyl (C=O) groups excluding carboxylic acids is 3. The van der Waals surface area contributed by atoms with Crippen molar-refractivity contribution in [2.24, 2.45) is 17.6 Å². The number of benzene rings is 3. The van der Waals surface area contributed by atoms with E-state index in [4.69, 9.17) is 27.1 Å². The van der Waals surface area contributed by atoms with Crippen molar-refractivity contribution in [1.82, 2.24) is 25.3 Å². The molecule has 0 radical (unpaired) electrons. The van der Waals surface area contributed by atoms with Gasteiger partial charge in [-0.05, 0) is 119 Å². The van der Waals surface area contributed by atoms with Crippen LogP contribution in [0, 0.1) is 18.8 Å². The lowest BCUT2D eigenvalue weighted by Gasteiger charge is -2.36. The van der Waals surface area contributed by atoms with Crippen molar-refractivity contribution < 1.29 is 19.1 Å². The molecular weight excluding hydrogens is 694 g/mol. The van der Waals surface area contributed by atoms with Gasteiger partial charge >= 0.3 is 11.8 Å². The summed E-state index contributed by atoms with van der Waals surface area (Å²) in [6.45, 7) is 7.97. The van der Waals surface area contributed by atoms with E-state index in [9.17, 15) is 19.2 Å². The molecule has 2 aliphatic carbocycles. The van der Waals surface area contributed by atoms with Gasteiger partial charge in [-0.1, -0.05) is 35.9 Å². The van der Waals surface area contributed by atoms with Crippen LogP contribution in [0.4, 0.5) is 10.5 Å². The Bertz CT molecular complexity index is 2240. The molecule has 6 N–H and O–H groups in total. The highest BCUT2D eigenvalue weighted by Gasteiger charge is 2.37. The molecule has 3 amide bonds. The highest BCUT2D eigenvalue weighted by molar-refractivity contribution is 6.35. The van der Waals surface area contributed by atoms with Gasteiger partial charge in [-0.15, -0.1) is 0 Å². The van der Waals surface area contributed by atoms with E-state index in [1.807, 2.05) is 45.0 Å². The first-order valence-corrected chi connectivity index (χ1v) is 18.7. The highest BCUT2D eigenvalue weighted by Crippen LogP contribution is 2.40. The molecule has 2 fully saturated rings. The lowest BCUT2D eigenvalue weighted by atomic mass is 9.81. The molecule has 5 aromatic rings. The number of amides is 3. The number of halogens is 1. The second-order valence-corrected chi connectivity index (χ2v) is 16.0. The van der Waals surface area contributed by atoms with Crippen molar-refractivity contribution in [3.05, 3.63) is 81.0 Å². The number of aromatic nitrogens is 4. The van der Waals surface area contributed by atoms with Gasteiger partial charge in [0, 0.05) is 30.5 Å². The van der Waals surface area contributed by atoms with Crippen molar-refractivity contribution in [3.8, 4) is 11.1 Å². The number of fused-ring (bicyclic) bond motifs is 2. The van der Waals surface area contributed by atoms with Crippen molar-refractivity contribution in [2.45, 2.75) is 90.2 Å². The maximum Gasteiger partial charge on any atom is 0.407 e. The predicted molar refractivity (Wildman–Crippen MR) is 206 cm³/mol. The topological polar surface area (TPSA) is 179 Å². The van der Waals surface area contributed by atoms with Crippen LogP contribution in [0.25, 0.3) is 33.2 Å². The molecular formula is C40H46ClN7O5. The Morgan fingerprint density at radius 3 is 2.36 bits per heavy atom. The van der Waals surface area contributed by atoms with Gasteiger partial charge in [-0.25, -0.2) is 14.6 Å². The first-order chi connectivity index (χ1) is 25.2. The van der Waals surface area contributed by atoms with Gasteiger partial charge in [0.1, 0.15) is 17.5 Å². The molecule has 2 aliphatic rings. The van der Waals surface area contributed by atoms with Gasteiger partial charge in [0.15, 0.2) is 0 Å². The third kappa shape index (κ3) is 8.12. The Balaban J connectivity index is 1.13. The maximum atomic E-state index is 14.5. The number of nitrogens with one attached hydrogen (secondary N) is 4. The normalized spacial score (nSPS) is 18.2. The Labute approximate surface area is 312 Å². The lowest BCUT2D eigenvalue weighted by Crippen LogP contribution is -2.52. The number of hydrogen-bond acceptors (Lipinski definition) is 6. The third-order valence-corrected chi connectivity index (χ3v) is 10.6. The van der Waals surface area contributed by atoms with E-state index >= 15 is 0 Å². The summed E-state index contributed by atoms with van der Waals surface area (Å²) >= 11 is 6.62. The Kier molecular flexibility index (Phi) is 9.84. The van der Waals surface area contributed by atoms with Gasteiger partial charge in [-0.3, -0.25) is 14.5 Å². The van der Waals surface area contributed by atoms with E-state index in [-0.39, 0.29) is 23.3 Å². The SMILES string of the molecule is Cc1cc2[nH]c(C3CC3)nc2cc1-c1ccc(C[C@@H](C(N)=O)N(C(=O)C2CCC(CNC(=O)OC(C)(C)C)CC2)c2cc(Cl)c3[nH]c(=O)[nH]c3c2)cc1. The maximum absolute atomic E-state index is 14.5. The number of primary amides is 1. The minimum absolute atomic E-state index is 0.165. The number of alkyl carbamates (subject to hydrolysis) is 1. The van der Waals surface area contributed by atoms with Crippen LogP contribution in [-0.2, 0) is 20.7 Å². The summed E-state index contributed by atoms with van der Waals surface area (Å²) < 4.78 is 5.37. The van der Waals surface area contributed by atoms with Crippen LogP contribution in [0.2, 0.25) is 5.02 Å². The Hall–Kier alpha value is -5.10. The quantitative estimate of drug-likeness (QED) is 0.103. The Morgan fingerprint density at radius 1 is 0.981 bits per heavy atom. The third-order valence-electron chi connectivity index (χ3n) is 10.4. The summed E-state index contributed by atoms with van der Waals surface area (Å²) in [6, 6.07) is 14.4. The number of ether oxygens (including phenoxy) is 1. The largest absolute Gasteiger partial charge is 0.444 e. The summed E-state index contributed by atoms with van der Waals surface area (Å²) in [5.41, 5.74) is 12.3. The molecule has 0 spiro atoms. The van der Waals surface area contributed by atoms with E-state index in [1.54, 1.807) is 12.1 Å². The van der Waals surface area contributed by atoms with Crippen molar-refractivity contribution in [2.75, 3.05) is 11.4 Å². The zero-order valence-corrected chi connectivity index (χ0v) is 31.2. The molecule has 13 heteroatoms. The van der Waals surface area contributed by atoms with Crippen LogP contribution in [-0.4, -0.2) is 56.0 Å². The summed E-state index contributed by atoms with van der Waals surface area (Å²) in [4.78, 5) is 67.5. The fraction of sp³-hybridized carbons (Fsp3) is 0.425. The van der Waals surface area contributed by atoms with Crippen molar-refractivity contribution in [1.29, 1.82) is 0 Å². The van der Waals surface area contributed by atoms with Crippen LogP contribution < -0.4 is 21.6 Å². The fourth-order valence-electron chi connectivity index (χ4n) is 7.45. The first-order valence-electron chi connectivity index (χ1n) is 18.3. The molecule has 278 valence electrons. The molecule has 2 heterocycles. The molecule has 0 bridgehead atoms. The lowest BCUT2D eigenvalue weighted by molar-refractivity contribution is -0.127. The number of aryl methyl sites for hydroxylation is 1. The molecule has 3 aromatic carbocycles. The van der Waals surface area contributed by atoms with Crippen LogP contribution in [0.15, 0.2) is 53.3 Å². The molecule has 2 saturated carbocycles. The number of rotatable bonds is 10. The van der Waals surface area contributed by atoms with E-state index < -0.39 is 35.3 Å². The number of hydrogen-bond donors (Lipinski definition) is 5. The molecule has 0 aliphatic heterocycles. The molecule has 12 nitrogen and oxygen atoms in total. The zero-order chi connectivity index (χ0) is 37.6. The zero-order valence-electron chi connectivity index (χ0n) is 30.5. The van der Waals surface area contributed by atoms with Gasteiger partial charge in [0.25, 0.3) is 0 Å². The van der Waals surface area contributed by atoms with E-state index in [1.165, 1.54) is 17.7 Å². The van der Waals surface area contributed by atoms with E-state index in [0.717, 1.165) is 39.1 Å². The molecule has 0 saturated heterocycles. The first kappa shape index (κ1) is 36.3. The Morgan fingerprint density at radius 2 is 1.70 bits per heavy atom. The van der Waals surface area contributed by atoms with Crippen LogP contribution in [0.3, 0.4) is 0 Å². The molecule has 1 atom stereocenters. The second-order valence-electron chi connectivity index (χ2n) is 15.6. The molecule has 7 rings (SSSR count). The fourth-order valence-corrected chi connectivity index (χ4v) is 7.71. The van der Waals surface area contributed by atoms with Gasteiger partial charge in [-0.2, -0.15) is 0 Å². The summed E-state index contributed by atoms with van der Waals surface area (Å²) in [5.74, 6) is 0.459. The summed E-state index contributed by atoms with van der Waals surface area (Å²) in [7, 11) is 0. The van der Waals surface area contributed by atoms with Crippen LogP contribution in [0.5, 0.6) is 0 Å². The summed E-state index contributed by atoms with van der Waals surface area (Å²) in [6.07, 6.45) is 4.59. The van der Waals surface area contributed by atoms with E-state index in [2.05, 4.69) is 39.3 Å². The van der Waals surface area contributed by atoms with Crippen LogP contribution in [0.1, 0.15) is 82.2 Å². The highest BCUT2D eigenvalue weighted by atomic mass is 35.5. The number of imidazole rings is 2. The van der Waals surface area contributed by atoms with Gasteiger partial charge < -0.3 is 30.7 Å². The number of nitrogens with zero attached hydrogens (tertiary/aromatic N) is 2. The van der Waals surface area contributed by atoms with Gasteiger partial charge in [0.05, 0.1) is 27.1 Å². The number of anilines is 1. The molecule has 0 unspecified atom stereocenters. The number of carbonyl (C=O) groups is 3. The predicted octanol–water partition coefficient (Wildman–Crippen LogP) is 7.00. The number of aromatic amines is 3. The standard InChI is InChI=1S/C40H46ClN7O5/c1-21-15-30-31(45-36(44-30)25-13-14-25)19-28(21)24-9-5-22(6-10-24)16-33(35(42)49)48(27-17-29(41)34-32(18-27)46-38(51)47-34)37(50)26-11-7-23(8-12-26)20-43-39(52)53-40(2,3)4/h5-6,9-10,15,17-19,23,25-26,33H,7-8,11-14,16,20H2,1-4H3,(H2,42,49)(H,43,52)(H,44,45)(H2,46,47,51)/t23?,26?,33-/m0/s1. The van der Waals surface area contributed by atoms with E-state index in [0.29, 0.717) is 54.9 Å². The smallest absolute Gasteiger partial charge is 0.407 e. The monoisotopic (exact) mass is 739 g/mol. The minimum atomic E-state index is -1.04. The van der Waals surface area contributed by atoms with Crippen LogP contribution >= 0.6 is 11.6 Å². The average molecular weight is 740 g/mol. The van der Waals surface area contributed by atoms with Crippen molar-refractivity contribution in [3.63, 3.8) is 0 Å². The second kappa shape index (κ2) is 14.4. The molecule has 53 heavy (non-hydrogen) atoms. The summed E-state index contributed by atoms with van der Waals surface area (Å²) in [5, 5.41) is 3.08. The number of nitrogens with two attached hydrogens (primary N) is 1. The number of H-pyrrole nitrogens is 3. The average Bonchev–Trinajstić information content (AvgIpc) is 3.76. The van der Waals surface area contributed by atoms with Gasteiger partial charge in [0.2, 0.25) is 11.8 Å².